The first-order chi connectivity index (χ1) is 8.38. The molecule has 0 amide bonds. The van der Waals surface area contributed by atoms with Gasteiger partial charge in [0.15, 0.2) is 11.9 Å². The molecule has 0 aliphatic rings. The van der Waals surface area contributed by atoms with Crippen LogP contribution in [0, 0.1) is 6.92 Å². The predicted octanol–water partition coefficient (Wildman–Crippen LogP) is 0.765. The zero-order valence-electron chi connectivity index (χ0n) is 10.5. The molecule has 0 fully saturated rings. The van der Waals surface area contributed by atoms with Crippen LogP contribution in [0.4, 0.5) is 0 Å². The van der Waals surface area contributed by atoms with E-state index in [0.717, 1.165) is 7.11 Å². The molecule has 1 aromatic carbocycles. The highest BCUT2D eigenvalue weighted by Gasteiger charge is 2.26. The summed E-state index contributed by atoms with van der Waals surface area (Å²) in [6.07, 6.45) is -3.02. The molecule has 0 bridgehead atoms. The number of ketones is 1. The Morgan fingerprint density at radius 3 is 2.33 bits per heavy atom. The van der Waals surface area contributed by atoms with Crippen molar-refractivity contribution in [2.24, 2.45) is 0 Å². The van der Waals surface area contributed by atoms with Gasteiger partial charge < -0.3 is 14.9 Å². The van der Waals surface area contributed by atoms with Crippen LogP contribution in [0.1, 0.15) is 34.5 Å². The van der Waals surface area contributed by atoms with Crippen LogP contribution in [0.3, 0.4) is 0 Å². The average molecular weight is 252 g/mol. The van der Waals surface area contributed by atoms with Crippen molar-refractivity contribution in [3.8, 4) is 0 Å². The number of hydrogen-bond acceptors (Lipinski definition) is 5. The maximum Gasteiger partial charge on any atom is 0.337 e. The van der Waals surface area contributed by atoms with Gasteiger partial charge in [-0.3, -0.25) is 4.79 Å². The maximum atomic E-state index is 11.2. The zero-order chi connectivity index (χ0) is 13.9. The van der Waals surface area contributed by atoms with Crippen molar-refractivity contribution in [3.63, 3.8) is 0 Å². The topological polar surface area (TPSA) is 83.8 Å². The van der Waals surface area contributed by atoms with Gasteiger partial charge >= 0.3 is 5.97 Å². The fourth-order valence-electron chi connectivity index (χ4n) is 1.70. The van der Waals surface area contributed by atoms with E-state index in [9.17, 15) is 19.8 Å². The number of carbonyl (C=O) groups excluding carboxylic acids is 2. The number of aliphatic hydroxyl groups is 2. The highest BCUT2D eigenvalue weighted by atomic mass is 16.5. The molecular weight excluding hydrogens is 236 g/mol. The predicted molar refractivity (Wildman–Crippen MR) is 64.2 cm³/mol. The molecule has 2 N–H and O–H groups in total. The normalized spacial score (nSPS) is 13.8. The third kappa shape index (κ3) is 2.94. The summed E-state index contributed by atoms with van der Waals surface area (Å²) in [5.41, 5.74) is 1.57. The smallest absolute Gasteiger partial charge is 0.337 e. The van der Waals surface area contributed by atoms with Crippen molar-refractivity contribution < 1.29 is 24.5 Å². The van der Waals surface area contributed by atoms with E-state index < -0.39 is 18.2 Å². The standard InChI is InChI=1S/C13H16O5/c1-7-6-9(4-5-10(7)8(2)14)11(15)12(16)13(17)18-3/h4-6,11-12,15-16H,1-3H3. The van der Waals surface area contributed by atoms with Crippen LogP contribution >= 0.6 is 0 Å². The van der Waals surface area contributed by atoms with Gasteiger partial charge in [-0.15, -0.1) is 0 Å². The van der Waals surface area contributed by atoms with Gasteiger partial charge in [0.1, 0.15) is 6.10 Å². The van der Waals surface area contributed by atoms with Gasteiger partial charge in [0, 0.05) is 5.56 Å². The van der Waals surface area contributed by atoms with Crippen molar-refractivity contribution in [1.82, 2.24) is 0 Å². The van der Waals surface area contributed by atoms with Crippen molar-refractivity contribution in [1.29, 1.82) is 0 Å². The van der Waals surface area contributed by atoms with Gasteiger partial charge in [-0.1, -0.05) is 18.2 Å². The number of Topliss-reactive ketones (excluding diaryl/α,β-unsaturated/α-hetero) is 1. The number of benzene rings is 1. The zero-order valence-corrected chi connectivity index (χ0v) is 10.5. The number of aryl methyl sites for hydroxylation is 1. The van der Waals surface area contributed by atoms with Crippen molar-refractivity contribution in [2.45, 2.75) is 26.1 Å². The van der Waals surface area contributed by atoms with Crippen molar-refractivity contribution in [3.05, 3.63) is 34.9 Å². The second-order valence-electron chi connectivity index (χ2n) is 4.04. The van der Waals surface area contributed by atoms with Gasteiger partial charge in [-0.05, 0) is 25.0 Å². The molecule has 0 heterocycles. The van der Waals surface area contributed by atoms with Crippen LogP contribution in [-0.4, -0.2) is 35.2 Å². The maximum absolute atomic E-state index is 11.2. The quantitative estimate of drug-likeness (QED) is 0.610. The summed E-state index contributed by atoms with van der Waals surface area (Å²) in [6.45, 7) is 3.17. The molecule has 1 rings (SSSR count). The molecule has 0 saturated carbocycles. The molecule has 0 spiro atoms. The lowest BCUT2D eigenvalue weighted by Gasteiger charge is -2.17. The van der Waals surface area contributed by atoms with Crippen molar-refractivity contribution >= 4 is 11.8 Å². The lowest BCUT2D eigenvalue weighted by Crippen LogP contribution is -2.29. The van der Waals surface area contributed by atoms with E-state index in [0.29, 0.717) is 16.7 Å². The minimum absolute atomic E-state index is 0.0814. The first-order valence-corrected chi connectivity index (χ1v) is 5.44. The van der Waals surface area contributed by atoms with Gasteiger partial charge in [-0.2, -0.15) is 0 Å². The Kier molecular flexibility index (Phi) is 4.58. The number of rotatable bonds is 4. The Balaban J connectivity index is 3.01. The molecule has 98 valence electrons. The van der Waals surface area contributed by atoms with Gasteiger partial charge in [0.2, 0.25) is 0 Å². The van der Waals surface area contributed by atoms with Crippen LogP contribution in [0.5, 0.6) is 0 Å². The Morgan fingerprint density at radius 2 is 1.89 bits per heavy atom. The Hall–Kier alpha value is -1.72. The summed E-state index contributed by atoms with van der Waals surface area (Å²) in [6, 6.07) is 4.62. The number of carbonyl (C=O) groups is 2. The molecule has 1 aromatic rings. The van der Waals surface area contributed by atoms with Crippen molar-refractivity contribution in [2.75, 3.05) is 7.11 Å². The number of hydrogen-bond donors (Lipinski definition) is 2. The lowest BCUT2D eigenvalue weighted by atomic mass is 9.97. The Morgan fingerprint density at radius 1 is 1.28 bits per heavy atom. The van der Waals surface area contributed by atoms with E-state index in [1.54, 1.807) is 19.1 Å². The van der Waals surface area contributed by atoms with E-state index >= 15 is 0 Å². The Labute approximate surface area is 105 Å². The Bertz CT molecular complexity index is 466. The minimum Gasteiger partial charge on any atom is -0.467 e. The molecule has 0 aromatic heterocycles. The number of aliphatic hydroxyl groups excluding tert-OH is 2. The van der Waals surface area contributed by atoms with Crippen LogP contribution in [0.25, 0.3) is 0 Å². The summed E-state index contributed by atoms with van der Waals surface area (Å²) < 4.78 is 4.34. The van der Waals surface area contributed by atoms with Gasteiger partial charge in [0.25, 0.3) is 0 Å². The molecule has 5 heteroatoms. The first kappa shape index (κ1) is 14.3. The van der Waals surface area contributed by atoms with E-state index in [1.165, 1.54) is 13.0 Å². The van der Waals surface area contributed by atoms with Gasteiger partial charge in [-0.25, -0.2) is 4.79 Å². The SMILES string of the molecule is COC(=O)C(O)C(O)c1ccc(C(C)=O)c(C)c1. The van der Waals surface area contributed by atoms with Crippen LogP contribution in [0.2, 0.25) is 0 Å². The molecule has 0 aliphatic heterocycles. The largest absolute Gasteiger partial charge is 0.467 e. The second-order valence-corrected chi connectivity index (χ2v) is 4.04. The summed E-state index contributed by atoms with van der Waals surface area (Å²) in [5, 5.41) is 19.3. The van der Waals surface area contributed by atoms with E-state index in [4.69, 9.17) is 0 Å². The monoisotopic (exact) mass is 252 g/mol. The number of esters is 1. The first-order valence-electron chi connectivity index (χ1n) is 5.44. The van der Waals surface area contributed by atoms with E-state index in [2.05, 4.69) is 4.74 Å². The molecule has 0 radical (unpaired) electrons. The fraction of sp³-hybridized carbons (Fsp3) is 0.385. The van der Waals surface area contributed by atoms with Crippen LogP contribution in [-0.2, 0) is 9.53 Å². The summed E-state index contributed by atoms with van der Waals surface area (Å²) in [4.78, 5) is 22.4. The molecule has 2 unspecified atom stereocenters. The highest BCUT2D eigenvalue weighted by molar-refractivity contribution is 5.95. The van der Waals surface area contributed by atoms with Gasteiger partial charge in [0.05, 0.1) is 7.11 Å². The van der Waals surface area contributed by atoms with Crippen LogP contribution < -0.4 is 0 Å². The third-order valence-electron chi connectivity index (χ3n) is 2.71. The van der Waals surface area contributed by atoms with E-state index in [1.807, 2.05) is 0 Å². The summed E-state index contributed by atoms with van der Waals surface area (Å²) >= 11 is 0. The van der Waals surface area contributed by atoms with E-state index in [-0.39, 0.29) is 5.78 Å². The third-order valence-corrected chi connectivity index (χ3v) is 2.71. The molecule has 5 nitrogen and oxygen atoms in total. The molecule has 0 aliphatic carbocycles. The summed E-state index contributed by atoms with van der Waals surface area (Å²) in [5.74, 6) is -0.988. The molecular formula is C13H16O5. The van der Waals surface area contributed by atoms with Crippen LogP contribution in [0.15, 0.2) is 18.2 Å². The minimum atomic E-state index is -1.64. The lowest BCUT2D eigenvalue weighted by molar-refractivity contribution is -0.156. The molecule has 18 heavy (non-hydrogen) atoms. The highest BCUT2D eigenvalue weighted by Crippen LogP contribution is 2.21. The number of ether oxygens (including phenoxy) is 1. The fourth-order valence-corrected chi connectivity index (χ4v) is 1.70. The average Bonchev–Trinajstić information content (AvgIpc) is 2.35. The second kappa shape index (κ2) is 5.75. The summed E-state index contributed by atoms with van der Waals surface area (Å²) in [7, 11) is 1.13. The molecule has 2 atom stereocenters. The number of methoxy groups -OCH3 is 1. The molecule has 0 saturated heterocycles.